The molecule has 0 bridgehead atoms. The highest BCUT2D eigenvalue weighted by atomic mass is 16.3. The van der Waals surface area contributed by atoms with Crippen molar-refractivity contribution >= 4 is 5.91 Å². The summed E-state index contributed by atoms with van der Waals surface area (Å²) in [6.07, 6.45) is 4.71. The van der Waals surface area contributed by atoms with Crippen molar-refractivity contribution in [3.63, 3.8) is 0 Å². The summed E-state index contributed by atoms with van der Waals surface area (Å²) in [6, 6.07) is 2.97. The Morgan fingerprint density at radius 3 is 3.06 bits per heavy atom. The van der Waals surface area contributed by atoms with Gasteiger partial charge in [0.25, 0.3) is 5.91 Å². The second-order valence-corrected chi connectivity index (χ2v) is 3.29. The van der Waals surface area contributed by atoms with Gasteiger partial charge in [0.05, 0.1) is 12.7 Å². The van der Waals surface area contributed by atoms with Crippen molar-refractivity contribution in [3.8, 4) is 5.75 Å². The van der Waals surface area contributed by atoms with Gasteiger partial charge in [0.1, 0.15) is 5.75 Å². The van der Waals surface area contributed by atoms with E-state index in [2.05, 4.69) is 20.6 Å². The van der Waals surface area contributed by atoms with Gasteiger partial charge in [-0.15, -0.1) is 5.10 Å². The molecule has 0 aliphatic heterocycles. The molecule has 0 aliphatic carbocycles. The molecule has 0 unspecified atom stereocenters. The van der Waals surface area contributed by atoms with E-state index < -0.39 is 5.91 Å². The summed E-state index contributed by atoms with van der Waals surface area (Å²) in [5, 5.41) is 19.4. The Labute approximate surface area is 97.1 Å². The lowest BCUT2D eigenvalue weighted by molar-refractivity contribution is 0.0944. The summed E-state index contributed by atoms with van der Waals surface area (Å²) in [4.78, 5) is 15.4. The van der Waals surface area contributed by atoms with Gasteiger partial charge in [0.2, 0.25) is 0 Å². The van der Waals surface area contributed by atoms with Crippen molar-refractivity contribution in [2.45, 2.75) is 6.54 Å². The highest BCUT2D eigenvalue weighted by Gasteiger charge is 2.10. The molecule has 1 amide bonds. The van der Waals surface area contributed by atoms with Crippen LogP contribution in [-0.4, -0.2) is 37.5 Å². The second-order valence-electron chi connectivity index (χ2n) is 3.29. The van der Waals surface area contributed by atoms with Crippen LogP contribution >= 0.6 is 0 Å². The van der Waals surface area contributed by atoms with Gasteiger partial charge in [0.15, 0.2) is 5.69 Å². The molecule has 0 atom stereocenters. The van der Waals surface area contributed by atoms with Crippen LogP contribution in [0.1, 0.15) is 10.5 Å². The van der Waals surface area contributed by atoms with Crippen LogP contribution in [0.4, 0.5) is 0 Å². The number of nitrogens with one attached hydrogen (secondary N) is 1. The molecule has 0 fully saturated rings. The summed E-state index contributed by atoms with van der Waals surface area (Å²) in [5.41, 5.74) is 0.0195. The lowest BCUT2D eigenvalue weighted by atomic mass is 10.3. The monoisotopic (exact) mass is 233 g/mol. The molecule has 0 aromatic carbocycles. The van der Waals surface area contributed by atoms with Gasteiger partial charge in [0, 0.05) is 18.9 Å². The summed E-state index contributed by atoms with van der Waals surface area (Å²) < 4.78 is 1.60. The number of carbonyl (C=O) groups is 1. The summed E-state index contributed by atoms with van der Waals surface area (Å²) >= 11 is 0. The third-order valence-corrected chi connectivity index (χ3v) is 2.10. The van der Waals surface area contributed by atoms with Gasteiger partial charge in [-0.25, -0.2) is 4.98 Å². The van der Waals surface area contributed by atoms with Gasteiger partial charge in [-0.2, -0.15) is 0 Å². The van der Waals surface area contributed by atoms with E-state index in [-0.39, 0.29) is 11.4 Å². The standard InChI is InChI=1S/C10H11N5O2/c16-8-2-1-3-11-9(8)10(17)12-4-6-15-7-5-13-14-15/h1-3,5,7,16H,4,6H2,(H,12,17). The van der Waals surface area contributed by atoms with Crippen LogP contribution in [0, 0.1) is 0 Å². The lowest BCUT2D eigenvalue weighted by Crippen LogP contribution is -2.28. The SMILES string of the molecule is O=C(NCCn1ccnn1)c1ncccc1O. The minimum atomic E-state index is -0.414. The van der Waals surface area contributed by atoms with Crippen molar-refractivity contribution in [3.05, 3.63) is 36.4 Å². The van der Waals surface area contributed by atoms with E-state index in [9.17, 15) is 9.90 Å². The van der Waals surface area contributed by atoms with Crippen LogP contribution in [0.2, 0.25) is 0 Å². The Morgan fingerprint density at radius 1 is 1.47 bits per heavy atom. The fraction of sp³-hybridized carbons (Fsp3) is 0.200. The largest absolute Gasteiger partial charge is 0.505 e. The van der Waals surface area contributed by atoms with Crippen LogP contribution < -0.4 is 5.32 Å². The van der Waals surface area contributed by atoms with E-state index in [1.54, 1.807) is 23.1 Å². The first kappa shape index (κ1) is 11.1. The van der Waals surface area contributed by atoms with Crippen molar-refractivity contribution in [2.75, 3.05) is 6.54 Å². The minimum Gasteiger partial charge on any atom is -0.505 e. The number of amides is 1. The lowest BCUT2D eigenvalue weighted by Gasteiger charge is -2.05. The Hall–Kier alpha value is -2.44. The van der Waals surface area contributed by atoms with Gasteiger partial charge in [-0.1, -0.05) is 5.21 Å². The molecule has 2 aromatic heterocycles. The molecule has 7 heteroatoms. The van der Waals surface area contributed by atoms with E-state index >= 15 is 0 Å². The molecular formula is C10H11N5O2. The number of rotatable bonds is 4. The second kappa shape index (κ2) is 5.06. The first-order valence-electron chi connectivity index (χ1n) is 5.03. The number of carbonyl (C=O) groups excluding carboxylic acids is 1. The maximum absolute atomic E-state index is 11.6. The Bertz CT molecular complexity index is 497. The average Bonchev–Trinajstić information content (AvgIpc) is 2.82. The Morgan fingerprint density at radius 2 is 2.35 bits per heavy atom. The number of nitrogens with zero attached hydrogens (tertiary/aromatic N) is 4. The van der Waals surface area contributed by atoms with Crippen molar-refractivity contribution < 1.29 is 9.90 Å². The Kier molecular flexibility index (Phi) is 3.29. The summed E-state index contributed by atoms with van der Waals surface area (Å²) in [5.74, 6) is -0.547. The number of pyridine rings is 1. The molecule has 88 valence electrons. The van der Waals surface area contributed by atoms with Crippen LogP contribution in [0.25, 0.3) is 0 Å². The van der Waals surface area contributed by atoms with Crippen LogP contribution in [0.3, 0.4) is 0 Å². The van der Waals surface area contributed by atoms with Gasteiger partial charge >= 0.3 is 0 Å². The van der Waals surface area contributed by atoms with Gasteiger partial charge in [-0.3, -0.25) is 9.48 Å². The maximum Gasteiger partial charge on any atom is 0.273 e. The molecule has 0 saturated carbocycles. The highest BCUT2D eigenvalue weighted by Crippen LogP contribution is 2.11. The fourth-order valence-electron chi connectivity index (χ4n) is 1.29. The number of aromatic hydroxyl groups is 1. The fourth-order valence-corrected chi connectivity index (χ4v) is 1.29. The van der Waals surface area contributed by atoms with Crippen LogP contribution in [-0.2, 0) is 6.54 Å². The van der Waals surface area contributed by atoms with E-state index in [1.807, 2.05) is 0 Å². The molecule has 7 nitrogen and oxygen atoms in total. The summed E-state index contributed by atoms with van der Waals surface area (Å²) in [7, 11) is 0. The number of hydrogen-bond acceptors (Lipinski definition) is 5. The zero-order chi connectivity index (χ0) is 12.1. The molecule has 2 rings (SSSR count). The molecule has 2 heterocycles. The molecule has 2 N–H and O–H groups in total. The minimum absolute atomic E-state index is 0.0195. The molecule has 0 spiro atoms. The predicted octanol–water partition coefficient (Wildman–Crippen LogP) is -0.191. The van der Waals surface area contributed by atoms with Gasteiger partial charge < -0.3 is 10.4 Å². The topological polar surface area (TPSA) is 92.9 Å². The molecular weight excluding hydrogens is 222 g/mol. The van der Waals surface area contributed by atoms with Crippen molar-refractivity contribution in [2.24, 2.45) is 0 Å². The molecule has 0 aliphatic rings. The first-order valence-corrected chi connectivity index (χ1v) is 5.03. The first-order chi connectivity index (χ1) is 8.27. The van der Waals surface area contributed by atoms with Crippen LogP contribution in [0.15, 0.2) is 30.7 Å². The Balaban J connectivity index is 1.88. The number of aromatic nitrogens is 4. The third kappa shape index (κ3) is 2.77. The molecule has 0 saturated heterocycles. The maximum atomic E-state index is 11.6. The van der Waals surface area contributed by atoms with Crippen molar-refractivity contribution in [1.29, 1.82) is 0 Å². The van der Waals surface area contributed by atoms with E-state index in [0.717, 1.165) is 0 Å². The summed E-state index contributed by atoms with van der Waals surface area (Å²) in [6.45, 7) is 0.900. The number of hydrogen-bond donors (Lipinski definition) is 2. The van der Waals surface area contributed by atoms with Crippen LogP contribution in [0.5, 0.6) is 5.75 Å². The normalized spacial score (nSPS) is 10.1. The molecule has 0 radical (unpaired) electrons. The van der Waals surface area contributed by atoms with Gasteiger partial charge in [-0.05, 0) is 12.1 Å². The molecule has 2 aromatic rings. The van der Waals surface area contributed by atoms with E-state index in [0.29, 0.717) is 13.1 Å². The predicted molar refractivity (Wildman–Crippen MR) is 58.3 cm³/mol. The smallest absolute Gasteiger partial charge is 0.273 e. The zero-order valence-electron chi connectivity index (χ0n) is 8.95. The zero-order valence-corrected chi connectivity index (χ0v) is 8.95. The van der Waals surface area contributed by atoms with E-state index in [4.69, 9.17) is 0 Å². The quantitative estimate of drug-likeness (QED) is 0.763. The van der Waals surface area contributed by atoms with Crippen molar-refractivity contribution in [1.82, 2.24) is 25.3 Å². The molecule has 17 heavy (non-hydrogen) atoms. The highest BCUT2D eigenvalue weighted by molar-refractivity contribution is 5.94. The van der Waals surface area contributed by atoms with E-state index in [1.165, 1.54) is 12.3 Å². The third-order valence-electron chi connectivity index (χ3n) is 2.10. The average molecular weight is 233 g/mol.